The van der Waals surface area contributed by atoms with Crippen LogP contribution in [0.3, 0.4) is 0 Å². The minimum Gasteiger partial charge on any atom is -0.268 e. The maximum absolute atomic E-state index is 11.6. The molecule has 1 fully saturated rings. The van der Waals surface area contributed by atoms with Crippen molar-refractivity contribution in [3.05, 3.63) is 28.2 Å². The Morgan fingerprint density at radius 1 is 1.44 bits per heavy atom. The van der Waals surface area contributed by atoms with E-state index in [0.29, 0.717) is 5.92 Å². The van der Waals surface area contributed by atoms with E-state index in [9.17, 15) is 13.2 Å². The molecule has 100 valence electrons. The predicted octanol–water partition coefficient (Wildman–Crippen LogP) is 0.0600. The first-order valence-corrected chi connectivity index (χ1v) is 7.72. The number of nitrogens with one attached hydrogen (secondary N) is 1. The molecule has 0 aromatic carbocycles. The summed E-state index contributed by atoms with van der Waals surface area (Å²) in [6.45, 7) is 2.02. The second kappa shape index (κ2) is 5.19. The molecule has 0 unspecified atom stereocenters. The number of hydrogen-bond acceptors (Lipinski definition) is 4. The van der Waals surface area contributed by atoms with Crippen LogP contribution in [-0.4, -0.2) is 30.5 Å². The summed E-state index contributed by atoms with van der Waals surface area (Å²) in [7, 11) is -3.21. The van der Waals surface area contributed by atoms with Crippen molar-refractivity contribution >= 4 is 10.0 Å². The van der Waals surface area contributed by atoms with Crippen molar-refractivity contribution in [1.82, 2.24) is 14.5 Å². The molecule has 1 N–H and O–H groups in total. The van der Waals surface area contributed by atoms with Gasteiger partial charge in [0.25, 0.3) is 5.56 Å². The molecule has 2 rings (SSSR count). The predicted molar refractivity (Wildman–Crippen MR) is 67.9 cm³/mol. The smallest absolute Gasteiger partial charge is 0.266 e. The van der Waals surface area contributed by atoms with Gasteiger partial charge in [-0.2, -0.15) is 5.10 Å². The highest BCUT2D eigenvalue weighted by Crippen LogP contribution is 2.38. The van der Waals surface area contributed by atoms with Gasteiger partial charge in [0, 0.05) is 18.5 Å². The number of rotatable bonds is 6. The summed E-state index contributed by atoms with van der Waals surface area (Å²) in [4.78, 5) is 11.6. The van der Waals surface area contributed by atoms with E-state index in [-0.39, 0.29) is 24.4 Å². The summed E-state index contributed by atoms with van der Waals surface area (Å²) >= 11 is 0. The molecule has 6 nitrogen and oxygen atoms in total. The fraction of sp³-hybridized carbons (Fsp3) is 0.636. The zero-order valence-corrected chi connectivity index (χ0v) is 11.1. The molecular weight excluding hydrogens is 254 g/mol. The van der Waals surface area contributed by atoms with Gasteiger partial charge in [0.15, 0.2) is 0 Å². The van der Waals surface area contributed by atoms with Crippen molar-refractivity contribution in [2.75, 3.05) is 12.3 Å². The molecule has 0 bridgehead atoms. The lowest BCUT2D eigenvalue weighted by molar-refractivity contribution is 0.541. The van der Waals surface area contributed by atoms with Gasteiger partial charge in [-0.1, -0.05) is 0 Å². The molecule has 1 aliphatic carbocycles. The molecule has 0 radical (unpaired) electrons. The summed E-state index contributed by atoms with van der Waals surface area (Å²) in [5, 5.41) is 4.25. The SMILES string of the molecule is CCS(=O)(=O)NCCn1nc(C2CC2)ccc1=O. The van der Waals surface area contributed by atoms with Gasteiger partial charge in [-0.05, 0) is 25.8 Å². The highest BCUT2D eigenvalue weighted by Gasteiger charge is 2.25. The van der Waals surface area contributed by atoms with Crippen LogP contribution >= 0.6 is 0 Å². The Labute approximate surface area is 106 Å². The minimum absolute atomic E-state index is 0.0391. The molecule has 0 aliphatic heterocycles. The van der Waals surface area contributed by atoms with Crippen LogP contribution in [0.5, 0.6) is 0 Å². The van der Waals surface area contributed by atoms with Crippen LogP contribution in [0, 0.1) is 0 Å². The zero-order valence-electron chi connectivity index (χ0n) is 10.3. The van der Waals surface area contributed by atoms with E-state index in [1.807, 2.05) is 0 Å². The molecule has 1 saturated carbocycles. The van der Waals surface area contributed by atoms with Crippen molar-refractivity contribution in [1.29, 1.82) is 0 Å². The third kappa shape index (κ3) is 3.39. The van der Waals surface area contributed by atoms with Gasteiger partial charge < -0.3 is 0 Å². The standard InChI is InChI=1S/C11H17N3O3S/c1-2-18(16,17)12-7-8-14-11(15)6-5-10(13-14)9-3-4-9/h5-6,9,12H,2-4,7-8H2,1H3. The van der Waals surface area contributed by atoms with E-state index in [4.69, 9.17) is 0 Å². The highest BCUT2D eigenvalue weighted by molar-refractivity contribution is 7.89. The molecule has 7 heteroatoms. The summed E-state index contributed by atoms with van der Waals surface area (Å²) in [5.41, 5.74) is 0.725. The van der Waals surface area contributed by atoms with Crippen LogP contribution in [0.15, 0.2) is 16.9 Å². The maximum atomic E-state index is 11.6. The fourth-order valence-corrected chi connectivity index (χ4v) is 2.24. The third-order valence-electron chi connectivity index (χ3n) is 2.91. The summed E-state index contributed by atoms with van der Waals surface area (Å²) < 4.78 is 26.2. The van der Waals surface area contributed by atoms with E-state index < -0.39 is 10.0 Å². The van der Waals surface area contributed by atoms with Gasteiger partial charge in [-0.3, -0.25) is 4.79 Å². The number of nitrogens with zero attached hydrogens (tertiary/aromatic N) is 2. The largest absolute Gasteiger partial charge is 0.268 e. The second-order valence-electron chi connectivity index (χ2n) is 4.39. The first-order valence-electron chi connectivity index (χ1n) is 6.07. The van der Waals surface area contributed by atoms with Crippen LogP contribution in [-0.2, 0) is 16.6 Å². The van der Waals surface area contributed by atoms with E-state index in [1.165, 1.54) is 10.7 Å². The van der Waals surface area contributed by atoms with E-state index in [2.05, 4.69) is 9.82 Å². The average molecular weight is 271 g/mol. The molecular formula is C11H17N3O3S. The van der Waals surface area contributed by atoms with Gasteiger partial charge in [0.1, 0.15) is 0 Å². The van der Waals surface area contributed by atoms with Gasteiger partial charge in [-0.15, -0.1) is 0 Å². The Morgan fingerprint density at radius 2 is 2.17 bits per heavy atom. The Balaban J connectivity index is 2.00. The summed E-state index contributed by atoms with van der Waals surface area (Å²) in [5.74, 6) is 0.515. The molecule has 1 aromatic heterocycles. The van der Waals surface area contributed by atoms with Gasteiger partial charge in [0.05, 0.1) is 18.0 Å². The molecule has 0 spiro atoms. The fourth-order valence-electron chi connectivity index (χ4n) is 1.63. The molecule has 0 atom stereocenters. The van der Waals surface area contributed by atoms with Gasteiger partial charge in [0.2, 0.25) is 10.0 Å². The lowest BCUT2D eigenvalue weighted by atomic mass is 10.3. The van der Waals surface area contributed by atoms with Gasteiger partial charge in [-0.25, -0.2) is 17.8 Å². The summed E-state index contributed by atoms with van der Waals surface area (Å²) in [6.07, 6.45) is 2.24. The third-order valence-corrected chi connectivity index (χ3v) is 4.31. The number of hydrogen-bond donors (Lipinski definition) is 1. The number of aromatic nitrogens is 2. The Kier molecular flexibility index (Phi) is 3.82. The summed E-state index contributed by atoms with van der Waals surface area (Å²) in [6, 6.07) is 3.25. The Bertz CT molecular complexity index is 575. The monoisotopic (exact) mass is 271 g/mol. The average Bonchev–Trinajstić information content (AvgIpc) is 3.15. The second-order valence-corrected chi connectivity index (χ2v) is 6.49. The van der Waals surface area contributed by atoms with E-state index in [1.54, 1.807) is 13.0 Å². The van der Waals surface area contributed by atoms with Crippen LogP contribution in [0.25, 0.3) is 0 Å². The molecule has 1 aromatic rings. The van der Waals surface area contributed by atoms with Crippen molar-refractivity contribution in [2.45, 2.75) is 32.2 Å². The molecule has 0 amide bonds. The number of sulfonamides is 1. The van der Waals surface area contributed by atoms with Crippen LogP contribution in [0.4, 0.5) is 0 Å². The minimum atomic E-state index is -3.21. The maximum Gasteiger partial charge on any atom is 0.266 e. The van der Waals surface area contributed by atoms with Crippen molar-refractivity contribution in [2.24, 2.45) is 0 Å². The highest BCUT2D eigenvalue weighted by atomic mass is 32.2. The molecule has 1 heterocycles. The van der Waals surface area contributed by atoms with Crippen LogP contribution < -0.4 is 10.3 Å². The van der Waals surface area contributed by atoms with Crippen molar-refractivity contribution < 1.29 is 8.42 Å². The normalized spacial score (nSPS) is 15.8. The van der Waals surface area contributed by atoms with Crippen molar-refractivity contribution in [3.8, 4) is 0 Å². The molecule has 1 aliphatic rings. The topological polar surface area (TPSA) is 81.1 Å². The van der Waals surface area contributed by atoms with Crippen LogP contribution in [0.1, 0.15) is 31.4 Å². The molecule has 18 heavy (non-hydrogen) atoms. The van der Waals surface area contributed by atoms with E-state index >= 15 is 0 Å². The van der Waals surface area contributed by atoms with E-state index in [0.717, 1.165) is 18.5 Å². The lowest BCUT2D eigenvalue weighted by Crippen LogP contribution is -2.32. The lowest BCUT2D eigenvalue weighted by Gasteiger charge is -2.07. The first kappa shape index (κ1) is 13.2. The first-order chi connectivity index (χ1) is 8.52. The quantitative estimate of drug-likeness (QED) is 0.793. The van der Waals surface area contributed by atoms with Crippen LogP contribution in [0.2, 0.25) is 0 Å². The molecule has 0 saturated heterocycles. The zero-order chi connectivity index (χ0) is 13.2. The van der Waals surface area contributed by atoms with Gasteiger partial charge >= 0.3 is 0 Å². The Hall–Kier alpha value is -1.21. The Morgan fingerprint density at radius 3 is 2.78 bits per heavy atom. The van der Waals surface area contributed by atoms with Crippen molar-refractivity contribution in [3.63, 3.8) is 0 Å².